The molecule has 140 valence electrons. The average Bonchev–Trinajstić information content (AvgIpc) is 3.17. The van der Waals surface area contributed by atoms with Gasteiger partial charge in [-0.3, -0.25) is 4.79 Å². The van der Waals surface area contributed by atoms with Crippen molar-refractivity contribution in [2.75, 3.05) is 19.0 Å². The number of hydrogen-bond donors (Lipinski definition) is 1. The van der Waals surface area contributed by atoms with E-state index in [2.05, 4.69) is 15.3 Å². The lowest BCUT2D eigenvalue weighted by atomic mass is 10.2. The summed E-state index contributed by atoms with van der Waals surface area (Å²) < 4.78 is 10.6. The molecule has 2 aromatic heterocycles. The highest BCUT2D eigenvalue weighted by Crippen LogP contribution is 2.29. The summed E-state index contributed by atoms with van der Waals surface area (Å²) in [6.45, 7) is -0.0849. The van der Waals surface area contributed by atoms with Gasteiger partial charge in [-0.1, -0.05) is 17.4 Å². The maximum Gasteiger partial charge on any atom is 0.262 e. The number of thiazole rings is 1. The maximum atomic E-state index is 12.1. The molecule has 7 heteroatoms. The number of carbonyl (C=O) groups excluding carboxylic acids is 1. The molecular weight excluding hydrogens is 374 g/mol. The number of methoxy groups -OCH3 is 1. The van der Waals surface area contributed by atoms with Crippen molar-refractivity contribution in [3.05, 3.63) is 66.9 Å². The third kappa shape index (κ3) is 4.10. The van der Waals surface area contributed by atoms with E-state index >= 15 is 0 Å². The van der Waals surface area contributed by atoms with Crippen LogP contribution in [0.2, 0.25) is 0 Å². The zero-order valence-corrected chi connectivity index (χ0v) is 15.9. The van der Waals surface area contributed by atoms with Crippen molar-refractivity contribution in [1.82, 2.24) is 9.97 Å². The van der Waals surface area contributed by atoms with Gasteiger partial charge in [0.2, 0.25) is 0 Å². The van der Waals surface area contributed by atoms with Crippen LogP contribution in [0.25, 0.3) is 20.9 Å². The van der Waals surface area contributed by atoms with Gasteiger partial charge in [-0.05, 0) is 48.5 Å². The number of benzene rings is 2. The van der Waals surface area contributed by atoms with Crippen LogP contribution in [-0.4, -0.2) is 29.6 Å². The van der Waals surface area contributed by atoms with Gasteiger partial charge in [-0.25, -0.2) is 9.97 Å². The van der Waals surface area contributed by atoms with Gasteiger partial charge in [-0.15, -0.1) is 0 Å². The van der Waals surface area contributed by atoms with Gasteiger partial charge < -0.3 is 14.8 Å². The van der Waals surface area contributed by atoms with Crippen molar-refractivity contribution >= 4 is 33.3 Å². The highest BCUT2D eigenvalue weighted by molar-refractivity contribution is 7.21. The molecule has 0 bridgehead atoms. The van der Waals surface area contributed by atoms with Crippen LogP contribution >= 0.6 is 11.3 Å². The minimum absolute atomic E-state index is 0.0849. The van der Waals surface area contributed by atoms with Gasteiger partial charge >= 0.3 is 0 Å². The number of hydrogen-bond acceptors (Lipinski definition) is 6. The second-order valence-electron chi connectivity index (χ2n) is 5.94. The number of nitrogens with zero attached hydrogens (tertiary/aromatic N) is 2. The third-order valence-electron chi connectivity index (χ3n) is 3.99. The van der Waals surface area contributed by atoms with Crippen LogP contribution in [0.1, 0.15) is 0 Å². The Kier molecular flexibility index (Phi) is 5.16. The number of nitrogens with one attached hydrogen (secondary N) is 1. The van der Waals surface area contributed by atoms with Crippen LogP contribution in [0.5, 0.6) is 11.5 Å². The predicted octanol–water partition coefficient (Wildman–Crippen LogP) is 4.38. The number of carbonyl (C=O) groups is 1. The summed E-state index contributed by atoms with van der Waals surface area (Å²) in [5.74, 6) is 1.02. The normalized spacial score (nSPS) is 10.6. The summed E-state index contributed by atoms with van der Waals surface area (Å²) in [6, 6.07) is 18.5. The first-order valence-electron chi connectivity index (χ1n) is 8.60. The van der Waals surface area contributed by atoms with E-state index in [-0.39, 0.29) is 12.5 Å². The minimum Gasteiger partial charge on any atom is -0.497 e. The molecule has 1 N–H and O–H groups in total. The lowest BCUT2D eigenvalue weighted by Gasteiger charge is -2.09. The van der Waals surface area contributed by atoms with E-state index in [0.29, 0.717) is 17.2 Å². The van der Waals surface area contributed by atoms with Gasteiger partial charge in [0, 0.05) is 23.5 Å². The van der Waals surface area contributed by atoms with E-state index < -0.39 is 0 Å². The van der Waals surface area contributed by atoms with E-state index in [1.54, 1.807) is 25.4 Å². The second-order valence-corrected chi connectivity index (χ2v) is 6.92. The van der Waals surface area contributed by atoms with Gasteiger partial charge in [0.05, 0.1) is 7.11 Å². The molecule has 4 rings (SSSR count). The van der Waals surface area contributed by atoms with Crippen LogP contribution in [-0.2, 0) is 4.79 Å². The standard InChI is InChI=1S/C21H17N3O3S/c1-26-16-4-2-5-17(12-16)27-13-19(25)23-15-9-7-14(8-10-15)20-24-18-6-3-11-22-21(18)28-20/h2-12H,13H2,1H3,(H,23,25). The number of aromatic nitrogens is 2. The van der Waals surface area contributed by atoms with Crippen molar-refractivity contribution in [1.29, 1.82) is 0 Å². The Morgan fingerprint density at radius 2 is 1.89 bits per heavy atom. The molecule has 6 nitrogen and oxygen atoms in total. The summed E-state index contributed by atoms with van der Waals surface area (Å²) >= 11 is 1.54. The molecular formula is C21H17N3O3S. The number of pyridine rings is 1. The molecule has 2 heterocycles. The molecule has 2 aromatic carbocycles. The fraction of sp³-hybridized carbons (Fsp3) is 0.0952. The number of amides is 1. The smallest absolute Gasteiger partial charge is 0.262 e. The van der Waals surface area contributed by atoms with E-state index in [1.165, 1.54) is 11.3 Å². The number of fused-ring (bicyclic) bond motifs is 1. The van der Waals surface area contributed by atoms with Gasteiger partial charge in [0.1, 0.15) is 26.9 Å². The highest BCUT2D eigenvalue weighted by Gasteiger charge is 2.08. The minimum atomic E-state index is -0.236. The van der Waals surface area contributed by atoms with Gasteiger partial charge in [-0.2, -0.15) is 0 Å². The second kappa shape index (κ2) is 8.06. The van der Waals surface area contributed by atoms with Crippen molar-refractivity contribution in [2.24, 2.45) is 0 Å². The Bertz CT molecular complexity index is 1080. The van der Waals surface area contributed by atoms with E-state index in [1.807, 2.05) is 48.5 Å². The van der Waals surface area contributed by atoms with Crippen molar-refractivity contribution in [2.45, 2.75) is 0 Å². The molecule has 0 aliphatic heterocycles. The predicted molar refractivity (Wildman–Crippen MR) is 110 cm³/mol. The zero-order chi connectivity index (χ0) is 19.3. The Labute approximate surface area is 165 Å². The first-order valence-corrected chi connectivity index (χ1v) is 9.41. The summed E-state index contributed by atoms with van der Waals surface area (Å²) in [6.07, 6.45) is 1.76. The monoisotopic (exact) mass is 391 g/mol. The molecule has 0 fully saturated rings. The summed E-state index contributed by atoms with van der Waals surface area (Å²) in [4.78, 5) is 21.9. The Morgan fingerprint density at radius 3 is 2.68 bits per heavy atom. The molecule has 0 spiro atoms. The molecule has 0 saturated carbocycles. The van der Waals surface area contributed by atoms with Gasteiger partial charge in [0.25, 0.3) is 5.91 Å². The summed E-state index contributed by atoms with van der Waals surface area (Å²) in [5.41, 5.74) is 2.56. The SMILES string of the molecule is COc1cccc(OCC(=O)Nc2ccc(-c3nc4cccnc4s3)cc2)c1. The molecule has 0 radical (unpaired) electrons. The van der Waals surface area contributed by atoms with Crippen molar-refractivity contribution < 1.29 is 14.3 Å². The topological polar surface area (TPSA) is 73.3 Å². The Balaban J connectivity index is 1.37. The number of anilines is 1. The largest absolute Gasteiger partial charge is 0.497 e. The molecule has 4 aromatic rings. The van der Waals surface area contributed by atoms with Crippen LogP contribution < -0.4 is 14.8 Å². The summed E-state index contributed by atoms with van der Waals surface area (Å²) in [5, 5.41) is 3.72. The molecule has 0 atom stereocenters. The van der Waals surface area contributed by atoms with E-state index in [4.69, 9.17) is 9.47 Å². The molecule has 1 amide bonds. The average molecular weight is 391 g/mol. The van der Waals surface area contributed by atoms with Crippen LogP contribution in [0.4, 0.5) is 5.69 Å². The fourth-order valence-corrected chi connectivity index (χ4v) is 3.54. The lowest BCUT2D eigenvalue weighted by Crippen LogP contribution is -2.20. The van der Waals surface area contributed by atoms with Crippen LogP contribution in [0.15, 0.2) is 66.9 Å². The lowest BCUT2D eigenvalue weighted by molar-refractivity contribution is -0.118. The first kappa shape index (κ1) is 17.9. The zero-order valence-electron chi connectivity index (χ0n) is 15.1. The Morgan fingerprint density at radius 1 is 1.07 bits per heavy atom. The third-order valence-corrected chi connectivity index (χ3v) is 5.02. The molecule has 28 heavy (non-hydrogen) atoms. The van der Waals surface area contributed by atoms with Crippen molar-refractivity contribution in [3.63, 3.8) is 0 Å². The summed E-state index contributed by atoms with van der Waals surface area (Å²) in [7, 11) is 1.58. The highest BCUT2D eigenvalue weighted by atomic mass is 32.1. The Hall–Kier alpha value is -3.45. The van der Waals surface area contributed by atoms with Crippen LogP contribution in [0.3, 0.4) is 0 Å². The quantitative estimate of drug-likeness (QED) is 0.528. The fourth-order valence-electron chi connectivity index (χ4n) is 2.63. The van der Waals surface area contributed by atoms with Crippen LogP contribution in [0, 0.1) is 0 Å². The van der Waals surface area contributed by atoms with Crippen molar-refractivity contribution in [3.8, 4) is 22.1 Å². The molecule has 0 aliphatic carbocycles. The molecule has 0 unspecified atom stereocenters. The first-order chi connectivity index (χ1) is 13.7. The van der Waals surface area contributed by atoms with Gasteiger partial charge in [0.15, 0.2) is 6.61 Å². The maximum absolute atomic E-state index is 12.1. The van der Waals surface area contributed by atoms with E-state index in [9.17, 15) is 4.79 Å². The molecule has 0 saturated heterocycles. The number of ether oxygens (including phenoxy) is 2. The molecule has 0 aliphatic rings. The van der Waals surface area contributed by atoms with E-state index in [0.717, 1.165) is 20.9 Å². The number of rotatable bonds is 6.